The molecule has 1 atom stereocenters. The van der Waals surface area contributed by atoms with Gasteiger partial charge in [0.2, 0.25) is 0 Å². The van der Waals surface area contributed by atoms with Gasteiger partial charge in [0.25, 0.3) is 0 Å². The summed E-state index contributed by atoms with van der Waals surface area (Å²) in [6.07, 6.45) is 4.56. The molecule has 0 fully saturated rings. The highest BCUT2D eigenvalue weighted by molar-refractivity contribution is 5.46. The van der Waals surface area contributed by atoms with Crippen molar-refractivity contribution >= 4 is 0 Å². The van der Waals surface area contributed by atoms with E-state index in [1.807, 2.05) is 24.3 Å². The Morgan fingerprint density at radius 1 is 1.37 bits per heavy atom. The van der Waals surface area contributed by atoms with Gasteiger partial charge in [0, 0.05) is 24.7 Å². The van der Waals surface area contributed by atoms with Crippen molar-refractivity contribution in [3.63, 3.8) is 0 Å². The Kier molecular flexibility index (Phi) is 6.78. The molecule has 0 aliphatic carbocycles. The van der Waals surface area contributed by atoms with Crippen LogP contribution in [0.3, 0.4) is 0 Å². The lowest BCUT2D eigenvalue weighted by Crippen LogP contribution is -2.03. The van der Waals surface area contributed by atoms with Crippen LogP contribution in [0.25, 0.3) is 0 Å². The lowest BCUT2D eigenvalue weighted by Gasteiger charge is -2.16. The van der Waals surface area contributed by atoms with Gasteiger partial charge in [-0.2, -0.15) is 0 Å². The Morgan fingerprint density at radius 2 is 2.16 bits per heavy atom. The van der Waals surface area contributed by atoms with E-state index in [1.165, 1.54) is 0 Å². The molecule has 0 amide bonds. The van der Waals surface area contributed by atoms with Crippen molar-refractivity contribution in [3.8, 4) is 17.6 Å². The fourth-order valence-electron chi connectivity index (χ4n) is 1.83. The first kappa shape index (κ1) is 15.3. The molecule has 1 aromatic carbocycles. The molecule has 0 aliphatic heterocycles. The molecule has 102 valence electrons. The molecule has 1 rings (SSSR count). The van der Waals surface area contributed by atoms with Crippen molar-refractivity contribution in [1.29, 1.82) is 0 Å². The highest BCUT2D eigenvalue weighted by Gasteiger charge is 2.13. The van der Waals surface area contributed by atoms with Crippen molar-refractivity contribution < 1.29 is 9.47 Å². The summed E-state index contributed by atoms with van der Waals surface area (Å²) >= 11 is 0. The molecule has 0 heterocycles. The first-order valence-electron chi connectivity index (χ1n) is 6.57. The molecule has 2 nitrogen and oxygen atoms in total. The zero-order valence-corrected chi connectivity index (χ0v) is 12.0. The number of rotatable bonds is 6. The number of hydrogen-bond donors (Lipinski definition) is 0. The highest BCUT2D eigenvalue weighted by atomic mass is 16.5. The molecule has 0 aromatic heterocycles. The maximum absolute atomic E-state index is 5.53. The zero-order chi connectivity index (χ0) is 14.1. The van der Waals surface area contributed by atoms with Crippen LogP contribution in [-0.2, 0) is 4.74 Å². The van der Waals surface area contributed by atoms with E-state index in [0.29, 0.717) is 0 Å². The van der Waals surface area contributed by atoms with Crippen LogP contribution in [0.15, 0.2) is 30.9 Å². The summed E-state index contributed by atoms with van der Waals surface area (Å²) in [5.74, 6) is 7.22. The molecule has 2 heteroatoms. The van der Waals surface area contributed by atoms with Gasteiger partial charge in [-0.15, -0.1) is 6.58 Å². The Hall–Kier alpha value is -1.72. The van der Waals surface area contributed by atoms with Crippen LogP contribution in [0, 0.1) is 11.8 Å². The third kappa shape index (κ3) is 4.46. The van der Waals surface area contributed by atoms with Gasteiger partial charge in [-0.1, -0.05) is 24.8 Å². The molecule has 0 aliphatic rings. The topological polar surface area (TPSA) is 18.5 Å². The summed E-state index contributed by atoms with van der Waals surface area (Å²) in [5, 5.41) is 0. The van der Waals surface area contributed by atoms with Gasteiger partial charge in [0.05, 0.1) is 13.2 Å². The maximum atomic E-state index is 5.53. The summed E-state index contributed by atoms with van der Waals surface area (Å²) in [6.45, 7) is 5.90. The largest absolute Gasteiger partial charge is 0.497 e. The smallest absolute Gasteiger partial charge is 0.119 e. The first-order chi connectivity index (χ1) is 9.26. The molecule has 19 heavy (non-hydrogen) atoms. The van der Waals surface area contributed by atoms with E-state index < -0.39 is 0 Å². The minimum Gasteiger partial charge on any atom is -0.497 e. The summed E-state index contributed by atoms with van der Waals surface area (Å²) in [6, 6.07) is 5.92. The number of methoxy groups -OCH3 is 2. The number of benzene rings is 1. The first-order valence-corrected chi connectivity index (χ1v) is 6.57. The molecule has 0 saturated heterocycles. The maximum Gasteiger partial charge on any atom is 0.119 e. The quantitative estimate of drug-likeness (QED) is 0.564. The molecule has 1 aromatic rings. The summed E-state index contributed by atoms with van der Waals surface area (Å²) < 4.78 is 10.8. The van der Waals surface area contributed by atoms with Gasteiger partial charge in [0.1, 0.15) is 5.75 Å². The number of hydrogen-bond acceptors (Lipinski definition) is 2. The van der Waals surface area contributed by atoms with Crippen molar-refractivity contribution in [2.75, 3.05) is 14.2 Å². The average molecular weight is 258 g/mol. The van der Waals surface area contributed by atoms with Crippen LogP contribution in [-0.4, -0.2) is 14.2 Å². The van der Waals surface area contributed by atoms with Gasteiger partial charge in [0.15, 0.2) is 0 Å². The molecular formula is C17H22O2. The molecule has 0 radical (unpaired) electrons. The van der Waals surface area contributed by atoms with Crippen LogP contribution >= 0.6 is 0 Å². The van der Waals surface area contributed by atoms with Gasteiger partial charge in [-0.3, -0.25) is 0 Å². The van der Waals surface area contributed by atoms with E-state index in [1.54, 1.807) is 14.2 Å². The summed E-state index contributed by atoms with van der Waals surface area (Å²) in [7, 11) is 3.37. The SMILES string of the molecule is C=CCC(OC)c1cc(OC)ccc1C#CCCC. The van der Waals surface area contributed by atoms with Crippen molar-refractivity contribution in [2.24, 2.45) is 0 Å². The second-order valence-corrected chi connectivity index (χ2v) is 4.25. The van der Waals surface area contributed by atoms with E-state index in [0.717, 1.165) is 36.1 Å². The number of unbranched alkanes of at least 4 members (excludes halogenated alkanes) is 1. The van der Waals surface area contributed by atoms with E-state index in [-0.39, 0.29) is 6.10 Å². The number of ether oxygens (including phenoxy) is 2. The fraction of sp³-hybridized carbons (Fsp3) is 0.412. The van der Waals surface area contributed by atoms with Gasteiger partial charge in [-0.05, 0) is 31.0 Å². The summed E-state index contributed by atoms with van der Waals surface area (Å²) in [4.78, 5) is 0. The van der Waals surface area contributed by atoms with E-state index >= 15 is 0 Å². The molecule has 0 N–H and O–H groups in total. The average Bonchev–Trinajstić information content (AvgIpc) is 2.45. The Balaban J connectivity index is 3.15. The van der Waals surface area contributed by atoms with E-state index in [4.69, 9.17) is 9.47 Å². The molecule has 1 unspecified atom stereocenters. The highest BCUT2D eigenvalue weighted by Crippen LogP contribution is 2.28. The Bertz CT molecular complexity index is 466. The van der Waals surface area contributed by atoms with Crippen molar-refractivity contribution in [1.82, 2.24) is 0 Å². The van der Waals surface area contributed by atoms with Gasteiger partial charge >= 0.3 is 0 Å². The van der Waals surface area contributed by atoms with Crippen molar-refractivity contribution in [3.05, 3.63) is 42.0 Å². The Morgan fingerprint density at radius 3 is 2.74 bits per heavy atom. The standard InChI is InChI=1S/C17H22O2/c1-5-7-8-10-14-11-12-15(18-3)13-16(14)17(19-4)9-6-2/h6,11-13,17H,2,5,7,9H2,1,3-4H3. The molecule has 0 saturated carbocycles. The zero-order valence-electron chi connectivity index (χ0n) is 12.0. The van der Waals surface area contributed by atoms with E-state index in [2.05, 4.69) is 25.3 Å². The lowest BCUT2D eigenvalue weighted by molar-refractivity contribution is 0.105. The third-order valence-electron chi connectivity index (χ3n) is 2.87. The fourth-order valence-corrected chi connectivity index (χ4v) is 1.83. The molecule has 0 bridgehead atoms. The molecular weight excluding hydrogens is 236 g/mol. The van der Waals surface area contributed by atoms with Crippen LogP contribution in [0.1, 0.15) is 43.4 Å². The van der Waals surface area contributed by atoms with Crippen molar-refractivity contribution in [2.45, 2.75) is 32.3 Å². The Labute approximate surface area is 116 Å². The van der Waals surface area contributed by atoms with Crippen LogP contribution < -0.4 is 4.74 Å². The van der Waals surface area contributed by atoms with Gasteiger partial charge in [-0.25, -0.2) is 0 Å². The summed E-state index contributed by atoms with van der Waals surface area (Å²) in [5.41, 5.74) is 2.06. The van der Waals surface area contributed by atoms with Crippen LogP contribution in [0.4, 0.5) is 0 Å². The second kappa shape index (κ2) is 8.39. The third-order valence-corrected chi connectivity index (χ3v) is 2.87. The predicted molar refractivity (Wildman–Crippen MR) is 79.3 cm³/mol. The monoisotopic (exact) mass is 258 g/mol. The predicted octanol–water partition coefficient (Wildman–Crippen LogP) is 4.11. The van der Waals surface area contributed by atoms with Crippen LogP contribution in [0.5, 0.6) is 5.75 Å². The minimum absolute atomic E-state index is 0.0291. The van der Waals surface area contributed by atoms with Gasteiger partial charge < -0.3 is 9.47 Å². The minimum atomic E-state index is -0.0291. The lowest BCUT2D eigenvalue weighted by atomic mass is 9.99. The second-order valence-electron chi connectivity index (χ2n) is 4.25. The van der Waals surface area contributed by atoms with Crippen LogP contribution in [0.2, 0.25) is 0 Å². The normalized spacial score (nSPS) is 11.3. The molecule has 0 spiro atoms. The van der Waals surface area contributed by atoms with E-state index in [9.17, 15) is 0 Å².